The molecule has 3 aromatic carbocycles. The van der Waals surface area contributed by atoms with Gasteiger partial charge in [-0.15, -0.1) is 10.2 Å². The van der Waals surface area contributed by atoms with Crippen LogP contribution in [0.2, 0.25) is 0 Å². The molecule has 0 spiro atoms. The highest BCUT2D eigenvalue weighted by atomic mass is 32.2. The van der Waals surface area contributed by atoms with Gasteiger partial charge in [-0.2, -0.15) is 0 Å². The highest BCUT2D eigenvalue weighted by molar-refractivity contribution is 7.98. The SMILES string of the molecule is CCOc1ccc(NC(=O)NCc2nnc(SCc3ccccc3)n2-c2ccc(C)cc2)cc1. The lowest BCUT2D eigenvalue weighted by atomic mass is 10.2. The van der Waals surface area contributed by atoms with Gasteiger partial charge in [0.1, 0.15) is 5.75 Å². The molecule has 0 bridgehead atoms. The summed E-state index contributed by atoms with van der Waals surface area (Å²) in [5.41, 5.74) is 4.01. The summed E-state index contributed by atoms with van der Waals surface area (Å²) in [6, 6.07) is 25.4. The van der Waals surface area contributed by atoms with E-state index in [1.807, 2.05) is 54.0 Å². The highest BCUT2D eigenvalue weighted by Crippen LogP contribution is 2.25. The predicted molar refractivity (Wildman–Crippen MR) is 136 cm³/mol. The van der Waals surface area contributed by atoms with Gasteiger partial charge in [0.25, 0.3) is 0 Å². The Bertz CT molecular complexity index is 1210. The van der Waals surface area contributed by atoms with Crippen molar-refractivity contribution in [3.8, 4) is 11.4 Å². The number of hydrogen-bond acceptors (Lipinski definition) is 5. The molecule has 0 saturated carbocycles. The quantitative estimate of drug-likeness (QED) is 0.310. The molecule has 0 aliphatic rings. The number of nitrogens with zero attached hydrogens (tertiary/aromatic N) is 3. The standard InChI is InChI=1S/C26H27N5O2S/c1-3-33-23-15-11-21(12-16-23)28-25(32)27-17-24-29-30-26(34-18-20-7-5-4-6-8-20)31(24)22-13-9-19(2)10-14-22/h4-16H,3,17-18H2,1-2H3,(H2,27,28,32). The number of urea groups is 1. The summed E-state index contributed by atoms with van der Waals surface area (Å²) in [5.74, 6) is 2.19. The third kappa shape index (κ3) is 6.17. The van der Waals surface area contributed by atoms with Gasteiger partial charge in [-0.1, -0.05) is 59.8 Å². The van der Waals surface area contributed by atoms with Gasteiger partial charge >= 0.3 is 6.03 Å². The van der Waals surface area contributed by atoms with Crippen LogP contribution >= 0.6 is 11.8 Å². The first kappa shape index (κ1) is 23.4. The molecular weight excluding hydrogens is 446 g/mol. The van der Waals surface area contributed by atoms with Gasteiger partial charge in [-0.3, -0.25) is 4.57 Å². The minimum Gasteiger partial charge on any atom is -0.494 e. The molecule has 0 aliphatic carbocycles. The number of ether oxygens (including phenoxy) is 1. The van der Waals surface area contributed by atoms with Gasteiger partial charge in [0.15, 0.2) is 11.0 Å². The Hall–Kier alpha value is -3.78. The Morgan fingerprint density at radius 1 is 0.971 bits per heavy atom. The van der Waals surface area contributed by atoms with E-state index in [1.54, 1.807) is 23.9 Å². The Balaban J connectivity index is 1.46. The molecule has 4 aromatic rings. The summed E-state index contributed by atoms with van der Waals surface area (Å²) < 4.78 is 7.43. The fourth-order valence-electron chi connectivity index (χ4n) is 3.32. The summed E-state index contributed by atoms with van der Waals surface area (Å²) in [6.45, 7) is 4.81. The molecule has 0 radical (unpaired) electrons. The number of hydrogen-bond donors (Lipinski definition) is 2. The molecule has 8 heteroatoms. The monoisotopic (exact) mass is 473 g/mol. The molecular formula is C26H27N5O2S. The van der Waals surface area contributed by atoms with Crippen LogP contribution in [0.25, 0.3) is 5.69 Å². The third-order valence-electron chi connectivity index (χ3n) is 5.03. The van der Waals surface area contributed by atoms with E-state index in [2.05, 4.69) is 52.0 Å². The maximum atomic E-state index is 12.5. The van der Waals surface area contributed by atoms with Crippen LogP contribution in [0.3, 0.4) is 0 Å². The predicted octanol–water partition coefficient (Wildman–Crippen LogP) is 5.59. The van der Waals surface area contributed by atoms with Crippen molar-refractivity contribution < 1.29 is 9.53 Å². The van der Waals surface area contributed by atoms with E-state index in [-0.39, 0.29) is 12.6 Å². The summed E-state index contributed by atoms with van der Waals surface area (Å²) in [7, 11) is 0. The molecule has 0 unspecified atom stereocenters. The highest BCUT2D eigenvalue weighted by Gasteiger charge is 2.15. The van der Waals surface area contributed by atoms with Crippen molar-refractivity contribution in [2.75, 3.05) is 11.9 Å². The van der Waals surface area contributed by atoms with Crippen LogP contribution in [-0.4, -0.2) is 27.4 Å². The molecule has 7 nitrogen and oxygen atoms in total. The molecule has 0 atom stereocenters. The first-order valence-electron chi connectivity index (χ1n) is 11.1. The smallest absolute Gasteiger partial charge is 0.319 e. The molecule has 0 saturated heterocycles. The maximum absolute atomic E-state index is 12.5. The van der Waals surface area contributed by atoms with E-state index in [9.17, 15) is 4.79 Å². The van der Waals surface area contributed by atoms with Crippen molar-refractivity contribution in [3.05, 3.63) is 95.8 Å². The molecule has 4 rings (SSSR count). The Morgan fingerprint density at radius 3 is 2.41 bits per heavy atom. The second kappa shape index (κ2) is 11.4. The molecule has 34 heavy (non-hydrogen) atoms. The maximum Gasteiger partial charge on any atom is 0.319 e. The van der Waals surface area contributed by atoms with Crippen LogP contribution in [0.5, 0.6) is 5.75 Å². The van der Waals surface area contributed by atoms with Crippen molar-refractivity contribution in [1.82, 2.24) is 20.1 Å². The normalized spacial score (nSPS) is 10.6. The molecule has 0 aliphatic heterocycles. The Morgan fingerprint density at radius 2 is 1.71 bits per heavy atom. The van der Waals surface area contributed by atoms with Gasteiger partial charge in [-0.05, 0) is 55.8 Å². The largest absolute Gasteiger partial charge is 0.494 e. The van der Waals surface area contributed by atoms with E-state index < -0.39 is 0 Å². The molecule has 2 amide bonds. The van der Waals surface area contributed by atoms with Gasteiger partial charge in [0.05, 0.1) is 13.2 Å². The van der Waals surface area contributed by atoms with Gasteiger partial charge in [0, 0.05) is 17.1 Å². The Kier molecular flexibility index (Phi) is 7.83. The first-order valence-corrected chi connectivity index (χ1v) is 12.1. The van der Waals surface area contributed by atoms with Gasteiger partial charge < -0.3 is 15.4 Å². The second-order valence-corrected chi connectivity index (χ2v) is 8.55. The number of rotatable bonds is 9. The number of anilines is 1. The van der Waals surface area contributed by atoms with Crippen LogP contribution in [0, 0.1) is 6.92 Å². The van der Waals surface area contributed by atoms with Crippen LogP contribution in [0.15, 0.2) is 84.0 Å². The molecule has 1 aromatic heterocycles. The fraction of sp³-hybridized carbons (Fsp3) is 0.192. The molecule has 0 fully saturated rings. The Labute approximate surface area is 203 Å². The number of amides is 2. The van der Waals surface area contributed by atoms with Crippen molar-refractivity contribution >= 4 is 23.5 Å². The van der Waals surface area contributed by atoms with Crippen LogP contribution in [0.4, 0.5) is 10.5 Å². The number of nitrogens with one attached hydrogen (secondary N) is 2. The van der Waals surface area contributed by atoms with Crippen LogP contribution < -0.4 is 15.4 Å². The molecule has 174 valence electrons. The average Bonchev–Trinajstić information content (AvgIpc) is 3.27. The summed E-state index contributed by atoms with van der Waals surface area (Å²) >= 11 is 1.61. The number of carbonyl (C=O) groups excluding carboxylic acids is 1. The lowest BCUT2D eigenvalue weighted by Gasteiger charge is -2.12. The zero-order chi connectivity index (χ0) is 23.8. The lowest BCUT2D eigenvalue weighted by Crippen LogP contribution is -2.29. The lowest BCUT2D eigenvalue weighted by molar-refractivity contribution is 0.251. The van der Waals surface area contributed by atoms with E-state index in [0.29, 0.717) is 18.1 Å². The molecule has 2 N–H and O–H groups in total. The van der Waals surface area contributed by atoms with Crippen molar-refractivity contribution in [2.24, 2.45) is 0 Å². The number of benzene rings is 3. The van der Waals surface area contributed by atoms with Crippen LogP contribution in [0.1, 0.15) is 23.9 Å². The number of aryl methyl sites for hydroxylation is 1. The van der Waals surface area contributed by atoms with E-state index in [1.165, 1.54) is 11.1 Å². The first-order chi connectivity index (χ1) is 16.6. The summed E-state index contributed by atoms with van der Waals surface area (Å²) in [5, 5.41) is 15.3. The van der Waals surface area contributed by atoms with Gasteiger partial charge in [0.2, 0.25) is 0 Å². The average molecular weight is 474 g/mol. The van der Waals surface area contributed by atoms with Crippen LogP contribution in [-0.2, 0) is 12.3 Å². The molecule has 1 heterocycles. The zero-order valence-corrected chi connectivity index (χ0v) is 20.0. The van der Waals surface area contributed by atoms with Gasteiger partial charge in [-0.25, -0.2) is 4.79 Å². The minimum absolute atomic E-state index is 0.232. The number of thioether (sulfide) groups is 1. The van der Waals surface area contributed by atoms with E-state index in [0.717, 1.165) is 22.3 Å². The summed E-state index contributed by atoms with van der Waals surface area (Å²) in [4.78, 5) is 12.5. The number of carbonyl (C=O) groups is 1. The van der Waals surface area contributed by atoms with Crippen molar-refractivity contribution in [3.63, 3.8) is 0 Å². The van der Waals surface area contributed by atoms with E-state index >= 15 is 0 Å². The topological polar surface area (TPSA) is 81.1 Å². The van der Waals surface area contributed by atoms with Crippen molar-refractivity contribution in [2.45, 2.75) is 31.3 Å². The minimum atomic E-state index is -0.318. The fourth-order valence-corrected chi connectivity index (χ4v) is 4.25. The zero-order valence-electron chi connectivity index (χ0n) is 19.2. The van der Waals surface area contributed by atoms with Crippen molar-refractivity contribution in [1.29, 1.82) is 0 Å². The van der Waals surface area contributed by atoms with E-state index in [4.69, 9.17) is 4.74 Å². The third-order valence-corrected chi connectivity index (χ3v) is 6.03. The number of aromatic nitrogens is 3. The summed E-state index contributed by atoms with van der Waals surface area (Å²) in [6.07, 6.45) is 0. The second-order valence-electron chi connectivity index (χ2n) is 7.61.